The third-order valence-corrected chi connectivity index (χ3v) is 3.66. The number of aliphatic hydroxyl groups is 1. The van der Waals surface area contributed by atoms with Crippen LogP contribution < -0.4 is 0 Å². The zero-order valence-corrected chi connectivity index (χ0v) is 11.3. The molecule has 0 bridgehead atoms. The summed E-state index contributed by atoms with van der Waals surface area (Å²) in [6, 6.07) is 6.19. The van der Waals surface area contributed by atoms with Gasteiger partial charge in [0, 0.05) is 17.5 Å². The molecule has 2 nitrogen and oxygen atoms in total. The van der Waals surface area contributed by atoms with E-state index in [0.29, 0.717) is 5.15 Å². The van der Waals surface area contributed by atoms with Gasteiger partial charge in [-0.2, -0.15) is 0 Å². The topological polar surface area (TPSA) is 25.2 Å². The molecule has 0 radical (unpaired) electrons. The molecule has 1 atom stereocenters. The number of fused-ring (bicyclic) bond motifs is 1. The van der Waals surface area contributed by atoms with Crippen LogP contribution in [0.3, 0.4) is 0 Å². The standard InChI is InChI=1S/C14H18ClNO/c1-4-10-7-6-8-11-12(9(3)17)14(15)16(5-2)13(10)11/h6-9,17H,4-5H2,1-3H3. The second kappa shape index (κ2) is 4.71. The summed E-state index contributed by atoms with van der Waals surface area (Å²) in [5.41, 5.74) is 3.29. The van der Waals surface area contributed by atoms with Crippen LogP contribution in [0, 0.1) is 0 Å². The summed E-state index contributed by atoms with van der Waals surface area (Å²) in [5, 5.41) is 11.6. The van der Waals surface area contributed by atoms with E-state index in [1.165, 1.54) is 11.1 Å². The van der Waals surface area contributed by atoms with Gasteiger partial charge in [0.25, 0.3) is 0 Å². The zero-order valence-electron chi connectivity index (χ0n) is 10.5. The maximum atomic E-state index is 9.88. The summed E-state index contributed by atoms with van der Waals surface area (Å²) in [5.74, 6) is 0. The van der Waals surface area contributed by atoms with Gasteiger partial charge in [-0.25, -0.2) is 0 Å². The van der Waals surface area contributed by atoms with Crippen molar-refractivity contribution in [2.45, 2.75) is 39.8 Å². The average Bonchev–Trinajstić information content (AvgIpc) is 2.60. The monoisotopic (exact) mass is 251 g/mol. The predicted molar refractivity (Wildman–Crippen MR) is 72.6 cm³/mol. The van der Waals surface area contributed by atoms with Gasteiger partial charge in [-0.15, -0.1) is 0 Å². The van der Waals surface area contributed by atoms with Crippen molar-refractivity contribution in [1.82, 2.24) is 4.57 Å². The first-order valence-electron chi connectivity index (χ1n) is 6.09. The fourth-order valence-corrected chi connectivity index (χ4v) is 2.93. The number of aryl methyl sites for hydroxylation is 2. The summed E-state index contributed by atoms with van der Waals surface area (Å²) in [7, 11) is 0. The van der Waals surface area contributed by atoms with Crippen LogP contribution in [0.1, 0.15) is 38.0 Å². The van der Waals surface area contributed by atoms with Crippen molar-refractivity contribution >= 4 is 22.5 Å². The second-order valence-electron chi connectivity index (χ2n) is 4.29. The molecule has 3 heteroatoms. The number of hydrogen-bond acceptors (Lipinski definition) is 1. The quantitative estimate of drug-likeness (QED) is 0.879. The van der Waals surface area contributed by atoms with Gasteiger partial charge < -0.3 is 9.67 Å². The van der Waals surface area contributed by atoms with E-state index >= 15 is 0 Å². The first kappa shape index (κ1) is 12.5. The van der Waals surface area contributed by atoms with Gasteiger partial charge in [0.1, 0.15) is 5.15 Å². The van der Waals surface area contributed by atoms with E-state index in [9.17, 15) is 5.11 Å². The molecule has 1 N–H and O–H groups in total. The van der Waals surface area contributed by atoms with E-state index in [1.807, 2.05) is 12.1 Å². The highest BCUT2D eigenvalue weighted by atomic mass is 35.5. The number of rotatable bonds is 3. The van der Waals surface area contributed by atoms with Crippen molar-refractivity contribution in [3.63, 3.8) is 0 Å². The number of halogens is 1. The lowest BCUT2D eigenvalue weighted by molar-refractivity contribution is 0.200. The molecule has 1 aromatic carbocycles. The molecular formula is C14H18ClNO. The lowest BCUT2D eigenvalue weighted by Gasteiger charge is -2.06. The van der Waals surface area contributed by atoms with Crippen LogP contribution in [-0.4, -0.2) is 9.67 Å². The van der Waals surface area contributed by atoms with E-state index in [0.717, 1.165) is 23.9 Å². The Kier molecular flexibility index (Phi) is 3.45. The van der Waals surface area contributed by atoms with Crippen LogP contribution in [0.15, 0.2) is 18.2 Å². The Morgan fingerprint density at radius 3 is 2.59 bits per heavy atom. The number of aromatic nitrogens is 1. The van der Waals surface area contributed by atoms with Crippen LogP contribution in [0.5, 0.6) is 0 Å². The van der Waals surface area contributed by atoms with Crippen LogP contribution >= 0.6 is 11.6 Å². The van der Waals surface area contributed by atoms with Crippen molar-refractivity contribution in [2.75, 3.05) is 0 Å². The molecule has 0 saturated heterocycles. The molecule has 1 aromatic heterocycles. The maximum Gasteiger partial charge on any atom is 0.115 e. The van der Waals surface area contributed by atoms with Crippen molar-refractivity contribution in [3.05, 3.63) is 34.5 Å². The van der Waals surface area contributed by atoms with Gasteiger partial charge in [0.05, 0.1) is 11.6 Å². The first-order chi connectivity index (χ1) is 8.11. The SMILES string of the molecule is CCc1cccc2c(C(C)O)c(Cl)n(CC)c12. The van der Waals surface area contributed by atoms with Crippen LogP contribution in [0.2, 0.25) is 5.15 Å². The van der Waals surface area contributed by atoms with Crippen molar-refractivity contribution in [1.29, 1.82) is 0 Å². The Bertz CT molecular complexity index is 543. The minimum absolute atomic E-state index is 0.537. The normalized spacial score (nSPS) is 13.2. The smallest absolute Gasteiger partial charge is 0.115 e. The number of aliphatic hydroxyl groups excluding tert-OH is 1. The molecule has 0 fully saturated rings. The summed E-state index contributed by atoms with van der Waals surface area (Å²) in [4.78, 5) is 0. The lowest BCUT2D eigenvalue weighted by Crippen LogP contribution is -1.97. The fourth-order valence-electron chi connectivity index (χ4n) is 2.46. The van der Waals surface area contributed by atoms with Gasteiger partial charge in [-0.1, -0.05) is 36.7 Å². The third-order valence-electron chi connectivity index (χ3n) is 3.25. The Labute approximate surface area is 107 Å². The molecule has 1 unspecified atom stereocenters. The Morgan fingerprint density at radius 2 is 2.06 bits per heavy atom. The summed E-state index contributed by atoms with van der Waals surface area (Å²) < 4.78 is 2.08. The Hall–Kier alpha value is -0.990. The molecule has 92 valence electrons. The largest absolute Gasteiger partial charge is 0.389 e. The summed E-state index contributed by atoms with van der Waals surface area (Å²) in [6.07, 6.45) is 0.432. The van der Waals surface area contributed by atoms with Crippen molar-refractivity contribution in [3.8, 4) is 0 Å². The molecule has 0 spiro atoms. The van der Waals surface area contributed by atoms with Crippen LogP contribution in [0.25, 0.3) is 10.9 Å². The molecule has 2 aromatic rings. The van der Waals surface area contributed by atoms with Crippen molar-refractivity contribution in [2.24, 2.45) is 0 Å². The Balaban J connectivity index is 2.90. The number of para-hydroxylation sites is 1. The molecule has 0 aliphatic heterocycles. The summed E-state index contributed by atoms with van der Waals surface area (Å²) >= 11 is 6.38. The molecule has 0 aliphatic rings. The molecule has 2 rings (SSSR count). The zero-order chi connectivity index (χ0) is 12.6. The predicted octanol–water partition coefficient (Wildman–Crippen LogP) is 3.93. The summed E-state index contributed by atoms with van der Waals surface area (Å²) in [6.45, 7) is 6.79. The molecule has 1 heterocycles. The van der Waals surface area contributed by atoms with Crippen molar-refractivity contribution < 1.29 is 5.11 Å². The average molecular weight is 252 g/mol. The second-order valence-corrected chi connectivity index (χ2v) is 4.65. The fraction of sp³-hybridized carbons (Fsp3) is 0.429. The molecule has 0 aliphatic carbocycles. The highest BCUT2D eigenvalue weighted by Crippen LogP contribution is 2.36. The highest BCUT2D eigenvalue weighted by molar-refractivity contribution is 6.32. The lowest BCUT2D eigenvalue weighted by atomic mass is 10.0. The van der Waals surface area contributed by atoms with Gasteiger partial charge in [-0.05, 0) is 25.8 Å². The number of benzene rings is 1. The molecule has 17 heavy (non-hydrogen) atoms. The first-order valence-corrected chi connectivity index (χ1v) is 6.47. The van der Waals surface area contributed by atoms with Gasteiger partial charge in [-0.3, -0.25) is 0 Å². The van der Waals surface area contributed by atoms with Gasteiger partial charge in [0.2, 0.25) is 0 Å². The van der Waals surface area contributed by atoms with Crippen LogP contribution in [0.4, 0.5) is 0 Å². The third kappa shape index (κ3) is 1.85. The van der Waals surface area contributed by atoms with E-state index in [1.54, 1.807) is 6.92 Å². The van der Waals surface area contributed by atoms with E-state index in [2.05, 4.69) is 24.5 Å². The van der Waals surface area contributed by atoms with E-state index in [-0.39, 0.29) is 0 Å². The minimum atomic E-state index is -0.537. The van der Waals surface area contributed by atoms with E-state index < -0.39 is 6.10 Å². The minimum Gasteiger partial charge on any atom is -0.389 e. The van der Waals surface area contributed by atoms with Gasteiger partial charge >= 0.3 is 0 Å². The number of nitrogens with zero attached hydrogens (tertiary/aromatic N) is 1. The van der Waals surface area contributed by atoms with E-state index in [4.69, 9.17) is 11.6 Å². The molecular weight excluding hydrogens is 234 g/mol. The Morgan fingerprint density at radius 1 is 1.35 bits per heavy atom. The molecule has 0 amide bonds. The van der Waals surface area contributed by atoms with Crippen LogP contribution in [-0.2, 0) is 13.0 Å². The highest BCUT2D eigenvalue weighted by Gasteiger charge is 2.19. The van der Waals surface area contributed by atoms with Gasteiger partial charge in [0.15, 0.2) is 0 Å². The number of hydrogen-bond donors (Lipinski definition) is 1. The maximum absolute atomic E-state index is 9.88. The molecule has 0 saturated carbocycles.